The largest absolute Gasteiger partial charge is 0.573 e. The van der Waals surface area contributed by atoms with Crippen LogP contribution in [0, 0.1) is 58.2 Å². The minimum atomic E-state index is -4.68. The molecule has 13 nitrogen and oxygen atoms in total. The molecule has 2 saturated carbocycles. The third kappa shape index (κ3) is 14.6. The number of benzene rings is 4. The zero-order valence-electron chi connectivity index (χ0n) is 37.3. The third-order valence-electron chi connectivity index (χ3n) is 12.9. The topological polar surface area (TPSA) is 180 Å². The first-order valence-electron chi connectivity index (χ1n) is 22.6. The molecule has 19 heteroatoms. The van der Waals surface area contributed by atoms with E-state index in [0.717, 1.165) is 60.6 Å². The molecule has 2 saturated heterocycles. The molecule has 0 aromatic heterocycles. The monoisotopic (exact) mass is 962 g/mol. The minimum absolute atomic E-state index is 0.160. The Morgan fingerprint density at radius 3 is 1.26 bits per heavy atom. The van der Waals surface area contributed by atoms with Crippen LogP contribution in [0.25, 0.3) is 0 Å². The fraction of sp³-hybridized carbons (Fsp3) is 0.440. The van der Waals surface area contributed by atoms with E-state index >= 15 is 0 Å². The summed E-state index contributed by atoms with van der Waals surface area (Å²) in [5.74, 6) is -0.916. The van der Waals surface area contributed by atoms with E-state index in [9.17, 15) is 35.9 Å². The lowest BCUT2D eigenvalue weighted by atomic mass is 10.0. The number of nitrogens with one attached hydrogen (secondary N) is 2. The Balaban J connectivity index is 0.000000204. The van der Waals surface area contributed by atoms with Gasteiger partial charge in [0.2, 0.25) is 0 Å². The van der Waals surface area contributed by atoms with Crippen molar-refractivity contribution in [3.63, 3.8) is 0 Å². The number of ether oxygens (including phenoxy) is 3. The molecule has 0 bridgehead atoms. The van der Waals surface area contributed by atoms with Gasteiger partial charge in [-0.25, -0.2) is 0 Å². The van der Waals surface area contributed by atoms with Crippen molar-refractivity contribution in [1.82, 2.24) is 20.4 Å². The van der Waals surface area contributed by atoms with E-state index < -0.39 is 41.9 Å². The number of carbonyl (C=O) groups is 2. The standard InChI is InChI=1S/C25H26F3N3O4.C25H26F3N3O3/c26-25(27,28)35-20-7-3-17(4-8-20)13-31-14-21-22(15-31)23(21)30-9-10-34-19-5-1-16(2-6-19)11-18(12-29)24(32)33;26-25(27,28)19-5-1-17(2-6-19)13-31-14-21-22(15-31)23(21)30-9-10-34-20-7-3-16(4-8-20)11-18(12-29)24(32)33/h1-8,18,21-23,30H,9-11,13-15H2,(H,32,33);1-8,18,21-23,30H,9-11,13-15H2,(H,32,33)/t18?,21-,22?,23+;18-,21-,22?,23+/m00/s1. The van der Waals surface area contributed by atoms with Crippen LogP contribution in [0.4, 0.5) is 26.3 Å². The Morgan fingerprint density at radius 2 is 0.928 bits per heavy atom. The first-order chi connectivity index (χ1) is 33.0. The van der Waals surface area contributed by atoms with Crippen LogP contribution < -0.4 is 24.8 Å². The van der Waals surface area contributed by atoms with E-state index in [1.165, 1.54) is 12.1 Å². The summed E-state index contributed by atoms with van der Waals surface area (Å²) in [6, 6.07) is 30.1. The van der Waals surface area contributed by atoms with Crippen molar-refractivity contribution in [3.8, 4) is 29.4 Å². The number of fused-ring (bicyclic) bond motifs is 2. The molecule has 366 valence electrons. The van der Waals surface area contributed by atoms with Gasteiger partial charge in [0.1, 0.15) is 42.3 Å². The summed E-state index contributed by atoms with van der Waals surface area (Å²) in [5.41, 5.74) is 2.77. The molecule has 4 aromatic rings. The lowest BCUT2D eigenvalue weighted by molar-refractivity contribution is -0.274. The Kier molecular flexibility index (Phi) is 16.4. The highest BCUT2D eigenvalue weighted by atomic mass is 19.4. The van der Waals surface area contributed by atoms with Gasteiger partial charge in [0.05, 0.1) is 17.7 Å². The molecule has 4 N–H and O–H groups in total. The predicted octanol–water partition coefficient (Wildman–Crippen LogP) is 7.02. The first kappa shape index (κ1) is 50.5. The molecule has 2 heterocycles. The van der Waals surface area contributed by atoms with Crippen molar-refractivity contribution >= 4 is 11.9 Å². The van der Waals surface area contributed by atoms with Gasteiger partial charge in [0.25, 0.3) is 0 Å². The van der Waals surface area contributed by atoms with Gasteiger partial charge in [-0.05, 0) is 107 Å². The zero-order chi connectivity index (χ0) is 49.3. The van der Waals surface area contributed by atoms with Crippen molar-refractivity contribution in [2.75, 3.05) is 52.5 Å². The molecule has 2 aliphatic heterocycles. The number of piperidine rings is 2. The Morgan fingerprint density at radius 1 is 0.580 bits per heavy atom. The fourth-order valence-corrected chi connectivity index (χ4v) is 9.28. The van der Waals surface area contributed by atoms with Crippen molar-refractivity contribution in [2.45, 2.75) is 50.6 Å². The summed E-state index contributed by atoms with van der Waals surface area (Å²) in [6.07, 6.45) is -8.66. The van der Waals surface area contributed by atoms with Crippen LogP contribution in [0.5, 0.6) is 17.2 Å². The maximum Gasteiger partial charge on any atom is 0.573 e. The number of carboxylic acid groups (broad SMARTS) is 2. The smallest absolute Gasteiger partial charge is 0.492 e. The van der Waals surface area contributed by atoms with E-state index in [-0.39, 0.29) is 18.6 Å². The molecule has 69 heavy (non-hydrogen) atoms. The van der Waals surface area contributed by atoms with Gasteiger partial charge in [0.15, 0.2) is 0 Å². The minimum Gasteiger partial charge on any atom is -0.492 e. The summed E-state index contributed by atoms with van der Waals surface area (Å²) < 4.78 is 90.3. The maximum atomic E-state index is 12.7. The summed E-state index contributed by atoms with van der Waals surface area (Å²) in [4.78, 5) is 26.5. The zero-order valence-corrected chi connectivity index (χ0v) is 37.3. The van der Waals surface area contributed by atoms with Crippen molar-refractivity contribution in [2.24, 2.45) is 35.5 Å². The summed E-state index contributed by atoms with van der Waals surface area (Å²) in [5, 5.41) is 42.7. The molecule has 8 atom stereocenters. The van der Waals surface area contributed by atoms with Gasteiger partial charge in [-0.15, -0.1) is 13.2 Å². The number of aliphatic carboxylic acids is 2. The van der Waals surface area contributed by atoms with Crippen molar-refractivity contribution in [1.29, 1.82) is 10.5 Å². The summed E-state index contributed by atoms with van der Waals surface area (Å²) in [7, 11) is 0. The molecule has 4 aliphatic rings. The second-order valence-electron chi connectivity index (χ2n) is 17.8. The number of carboxylic acids is 2. The molecule has 4 aromatic carbocycles. The number of halogens is 6. The Bertz CT molecular complexity index is 2400. The van der Waals surface area contributed by atoms with E-state index in [1.807, 2.05) is 0 Å². The van der Waals surface area contributed by atoms with Gasteiger partial charge >= 0.3 is 24.5 Å². The molecule has 0 spiro atoms. The summed E-state index contributed by atoms with van der Waals surface area (Å²) >= 11 is 0. The van der Waals surface area contributed by atoms with Crippen LogP contribution in [-0.4, -0.2) is 103 Å². The number of likely N-dealkylation sites (tertiary alicyclic amines) is 2. The second kappa shape index (κ2) is 22.4. The van der Waals surface area contributed by atoms with Crippen LogP contribution in [0.3, 0.4) is 0 Å². The maximum absolute atomic E-state index is 12.7. The van der Waals surface area contributed by atoms with Gasteiger partial charge in [-0.1, -0.05) is 48.5 Å². The Hall–Kier alpha value is -6.38. The lowest BCUT2D eigenvalue weighted by Crippen LogP contribution is -2.33. The average Bonchev–Trinajstić information content (AvgIpc) is 3.97. The number of hydrogen-bond donors (Lipinski definition) is 4. The van der Waals surface area contributed by atoms with Crippen LogP contribution in [-0.2, 0) is 41.7 Å². The highest BCUT2D eigenvalue weighted by molar-refractivity contribution is 5.73. The SMILES string of the molecule is N#CC(Cc1ccc(OCCN[C@H]2C3CN(Cc4ccc(OC(F)(F)F)cc4)C[C@@H]32)cc1)C(=O)O.N#C[C@H](Cc1ccc(OCCN[C@H]2C3CN(Cc4ccc(C(F)(F)F)cc4)C[C@@H]32)cc1)C(=O)O. The molecule has 2 aliphatic carbocycles. The third-order valence-corrected chi connectivity index (χ3v) is 12.9. The van der Waals surface area contributed by atoms with Crippen molar-refractivity contribution in [3.05, 3.63) is 125 Å². The van der Waals surface area contributed by atoms with Gasteiger partial charge in [0, 0.05) is 64.4 Å². The number of alkyl halides is 6. The number of hydrogen-bond acceptors (Lipinski definition) is 11. The molecular formula is C50H52F6N6O7. The van der Waals surface area contributed by atoms with Crippen LogP contribution in [0.2, 0.25) is 0 Å². The number of rotatable bonds is 21. The van der Waals surface area contributed by atoms with Gasteiger partial charge in [-0.2, -0.15) is 23.7 Å². The van der Waals surface area contributed by atoms with E-state index in [2.05, 4.69) is 25.2 Å². The number of nitriles is 2. The normalized spacial score (nSPS) is 22.4. The van der Waals surface area contributed by atoms with E-state index in [1.54, 1.807) is 84.9 Å². The van der Waals surface area contributed by atoms with Crippen LogP contribution >= 0.6 is 0 Å². The van der Waals surface area contributed by atoms with Crippen LogP contribution in [0.15, 0.2) is 97.1 Å². The van der Waals surface area contributed by atoms with Crippen LogP contribution in [0.1, 0.15) is 27.8 Å². The van der Waals surface area contributed by atoms with Gasteiger partial charge < -0.3 is 35.1 Å². The highest BCUT2D eigenvalue weighted by Gasteiger charge is 2.56. The fourth-order valence-electron chi connectivity index (χ4n) is 9.28. The van der Waals surface area contributed by atoms with Crippen molar-refractivity contribution < 1.29 is 60.4 Å². The molecule has 8 rings (SSSR count). The van der Waals surface area contributed by atoms with Gasteiger partial charge in [-0.3, -0.25) is 19.4 Å². The molecule has 0 amide bonds. The second-order valence-corrected chi connectivity index (χ2v) is 17.8. The molecule has 3 unspecified atom stereocenters. The molecule has 0 radical (unpaired) electrons. The molecular weight excluding hydrogens is 911 g/mol. The molecule has 4 fully saturated rings. The van der Waals surface area contributed by atoms with E-state index in [0.29, 0.717) is 86.6 Å². The highest BCUT2D eigenvalue weighted by Crippen LogP contribution is 2.47. The Labute approximate surface area is 395 Å². The van der Waals surface area contributed by atoms with E-state index in [4.69, 9.17) is 30.2 Å². The quantitative estimate of drug-likeness (QED) is 0.0495. The number of nitrogens with zero attached hydrogens (tertiary/aromatic N) is 4. The predicted molar refractivity (Wildman–Crippen MR) is 237 cm³/mol. The lowest BCUT2D eigenvalue weighted by Gasteiger charge is -2.20. The first-order valence-corrected chi connectivity index (χ1v) is 22.6. The average molecular weight is 963 g/mol. The summed E-state index contributed by atoms with van der Waals surface area (Å²) in [6.45, 7) is 7.55.